The largest absolute Gasteiger partial charge is 0.336 e. The topological polar surface area (TPSA) is 74.8 Å². The number of hydrogen-bond acceptors (Lipinski definition) is 4. The molecule has 0 N–H and O–H groups in total. The molecule has 0 saturated heterocycles. The van der Waals surface area contributed by atoms with Gasteiger partial charge in [0.25, 0.3) is 5.91 Å². The van der Waals surface area contributed by atoms with Gasteiger partial charge in [-0.25, -0.2) is 4.68 Å². The molecule has 0 bridgehead atoms. The Kier molecular flexibility index (Phi) is 4.57. The van der Waals surface area contributed by atoms with E-state index in [-0.39, 0.29) is 11.6 Å². The standard InChI is InChI=1S/C19H17N5O/c1-14-3-9-17(10-4-14)24-13-18(21-22-24)19(25)23(2)12-16-7-5-15(11-20)6-8-16/h3-10,13H,12H2,1-2H3. The minimum absolute atomic E-state index is 0.206. The quantitative estimate of drug-likeness (QED) is 0.737. The summed E-state index contributed by atoms with van der Waals surface area (Å²) in [6, 6.07) is 17.1. The van der Waals surface area contributed by atoms with Gasteiger partial charge < -0.3 is 4.90 Å². The molecule has 3 rings (SSSR count). The van der Waals surface area contributed by atoms with Gasteiger partial charge in [0.15, 0.2) is 5.69 Å². The minimum atomic E-state index is -0.206. The van der Waals surface area contributed by atoms with E-state index in [1.54, 1.807) is 35.0 Å². The van der Waals surface area contributed by atoms with Crippen LogP contribution in [0.4, 0.5) is 0 Å². The molecule has 0 saturated carbocycles. The highest BCUT2D eigenvalue weighted by atomic mass is 16.2. The van der Waals surface area contributed by atoms with Gasteiger partial charge in [-0.3, -0.25) is 4.79 Å². The van der Waals surface area contributed by atoms with Crippen LogP contribution in [0.25, 0.3) is 5.69 Å². The Morgan fingerprint density at radius 2 is 1.84 bits per heavy atom. The van der Waals surface area contributed by atoms with E-state index in [4.69, 9.17) is 5.26 Å². The summed E-state index contributed by atoms with van der Waals surface area (Å²) in [5, 5.41) is 16.8. The van der Waals surface area contributed by atoms with E-state index in [2.05, 4.69) is 16.4 Å². The van der Waals surface area contributed by atoms with E-state index in [1.165, 1.54) is 0 Å². The van der Waals surface area contributed by atoms with E-state index < -0.39 is 0 Å². The first-order chi connectivity index (χ1) is 12.1. The summed E-state index contributed by atoms with van der Waals surface area (Å²) >= 11 is 0. The molecule has 0 unspecified atom stereocenters. The monoisotopic (exact) mass is 331 g/mol. The van der Waals surface area contributed by atoms with Crippen molar-refractivity contribution < 1.29 is 4.79 Å². The molecule has 0 atom stereocenters. The maximum Gasteiger partial charge on any atom is 0.276 e. The molecular weight excluding hydrogens is 314 g/mol. The number of rotatable bonds is 4. The summed E-state index contributed by atoms with van der Waals surface area (Å²) in [5.41, 5.74) is 3.84. The van der Waals surface area contributed by atoms with E-state index >= 15 is 0 Å². The zero-order valence-electron chi connectivity index (χ0n) is 14.0. The molecule has 3 aromatic rings. The molecule has 0 spiro atoms. The molecule has 124 valence electrons. The molecule has 1 aromatic heterocycles. The fraction of sp³-hybridized carbons (Fsp3) is 0.158. The lowest BCUT2D eigenvalue weighted by atomic mass is 10.1. The van der Waals surface area contributed by atoms with Crippen LogP contribution < -0.4 is 0 Å². The Bertz CT molecular complexity index is 920. The predicted molar refractivity (Wildman–Crippen MR) is 93.1 cm³/mol. The van der Waals surface area contributed by atoms with Gasteiger partial charge >= 0.3 is 0 Å². The number of nitriles is 1. The highest BCUT2D eigenvalue weighted by Gasteiger charge is 2.16. The highest BCUT2D eigenvalue weighted by Crippen LogP contribution is 2.11. The molecule has 0 aliphatic heterocycles. The summed E-state index contributed by atoms with van der Waals surface area (Å²) in [4.78, 5) is 14.1. The Hall–Kier alpha value is -3.46. The van der Waals surface area contributed by atoms with E-state index in [0.717, 1.165) is 16.8 Å². The molecule has 1 heterocycles. The Labute approximate surface area is 145 Å². The lowest BCUT2D eigenvalue weighted by Crippen LogP contribution is -2.26. The number of hydrogen-bond donors (Lipinski definition) is 0. The van der Waals surface area contributed by atoms with Crippen LogP contribution in [0.3, 0.4) is 0 Å². The van der Waals surface area contributed by atoms with Gasteiger partial charge in [0.1, 0.15) is 0 Å². The number of amides is 1. The second kappa shape index (κ2) is 6.97. The molecule has 0 radical (unpaired) electrons. The second-order valence-electron chi connectivity index (χ2n) is 5.85. The summed E-state index contributed by atoms with van der Waals surface area (Å²) in [7, 11) is 1.71. The number of benzene rings is 2. The average molecular weight is 331 g/mol. The van der Waals surface area contributed by atoms with Crippen LogP contribution in [-0.2, 0) is 6.54 Å². The van der Waals surface area contributed by atoms with Crippen LogP contribution in [0.2, 0.25) is 0 Å². The normalized spacial score (nSPS) is 10.3. The fourth-order valence-corrected chi connectivity index (χ4v) is 2.41. The van der Waals surface area contributed by atoms with Gasteiger partial charge in [-0.2, -0.15) is 5.26 Å². The van der Waals surface area contributed by atoms with Crippen LogP contribution in [0, 0.1) is 18.3 Å². The van der Waals surface area contributed by atoms with Crippen molar-refractivity contribution in [3.05, 3.63) is 77.1 Å². The van der Waals surface area contributed by atoms with Crippen molar-refractivity contribution in [2.45, 2.75) is 13.5 Å². The molecule has 6 nitrogen and oxygen atoms in total. The SMILES string of the molecule is Cc1ccc(-n2cc(C(=O)N(C)Cc3ccc(C#N)cc3)nn2)cc1. The van der Waals surface area contributed by atoms with Gasteiger partial charge in [-0.05, 0) is 36.8 Å². The van der Waals surface area contributed by atoms with Crippen molar-refractivity contribution in [2.24, 2.45) is 0 Å². The van der Waals surface area contributed by atoms with Crippen molar-refractivity contribution in [3.8, 4) is 11.8 Å². The Morgan fingerprint density at radius 3 is 2.48 bits per heavy atom. The van der Waals surface area contributed by atoms with E-state index in [1.807, 2.05) is 43.3 Å². The molecule has 2 aromatic carbocycles. The molecular formula is C19H17N5O. The van der Waals surface area contributed by atoms with Gasteiger partial charge in [0.2, 0.25) is 0 Å². The number of aromatic nitrogens is 3. The number of carbonyl (C=O) groups is 1. The number of nitrogens with zero attached hydrogens (tertiary/aromatic N) is 5. The van der Waals surface area contributed by atoms with E-state index in [0.29, 0.717) is 12.1 Å². The maximum atomic E-state index is 12.5. The Balaban J connectivity index is 1.72. The first-order valence-electron chi connectivity index (χ1n) is 7.81. The second-order valence-corrected chi connectivity index (χ2v) is 5.85. The van der Waals surface area contributed by atoms with Gasteiger partial charge in [-0.15, -0.1) is 5.10 Å². The Morgan fingerprint density at radius 1 is 1.16 bits per heavy atom. The predicted octanol–water partition coefficient (Wildman–Crippen LogP) is 2.72. The van der Waals surface area contributed by atoms with Crippen LogP contribution in [0.15, 0.2) is 54.7 Å². The minimum Gasteiger partial charge on any atom is -0.336 e. The van der Waals surface area contributed by atoms with Crippen LogP contribution in [0.1, 0.15) is 27.2 Å². The lowest BCUT2D eigenvalue weighted by molar-refractivity contribution is 0.0779. The zero-order valence-corrected chi connectivity index (χ0v) is 14.0. The summed E-state index contributed by atoms with van der Waals surface area (Å²) in [5.74, 6) is -0.206. The molecule has 6 heteroatoms. The number of aryl methyl sites for hydroxylation is 1. The highest BCUT2D eigenvalue weighted by molar-refractivity contribution is 5.91. The molecule has 0 fully saturated rings. The zero-order chi connectivity index (χ0) is 17.8. The maximum absolute atomic E-state index is 12.5. The van der Waals surface area contributed by atoms with Crippen molar-refractivity contribution in [3.63, 3.8) is 0 Å². The third-order valence-electron chi connectivity index (χ3n) is 3.86. The van der Waals surface area contributed by atoms with Crippen molar-refractivity contribution in [1.82, 2.24) is 19.9 Å². The van der Waals surface area contributed by atoms with Crippen LogP contribution in [0.5, 0.6) is 0 Å². The lowest BCUT2D eigenvalue weighted by Gasteiger charge is -2.15. The molecule has 0 aliphatic rings. The van der Waals surface area contributed by atoms with Crippen LogP contribution in [-0.4, -0.2) is 32.8 Å². The average Bonchev–Trinajstić information content (AvgIpc) is 3.12. The van der Waals surface area contributed by atoms with E-state index in [9.17, 15) is 4.79 Å². The smallest absolute Gasteiger partial charge is 0.276 e. The fourth-order valence-electron chi connectivity index (χ4n) is 2.41. The van der Waals surface area contributed by atoms with Crippen molar-refractivity contribution in [1.29, 1.82) is 5.26 Å². The molecule has 0 aliphatic carbocycles. The summed E-state index contributed by atoms with van der Waals surface area (Å²) < 4.78 is 1.59. The summed E-state index contributed by atoms with van der Waals surface area (Å²) in [6.07, 6.45) is 1.63. The van der Waals surface area contributed by atoms with Gasteiger partial charge in [-0.1, -0.05) is 35.0 Å². The molecule has 25 heavy (non-hydrogen) atoms. The van der Waals surface area contributed by atoms with Gasteiger partial charge in [0, 0.05) is 13.6 Å². The summed E-state index contributed by atoms with van der Waals surface area (Å²) in [6.45, 7) is 2.44. The third kappa shape index (κ3) is 3.72. The van der Waals surface area contributed by atoms with Gasteiger partial charge in [0.05, 0.1) is 23.5 Å². The first kappa shape index (κ1) is 16.4. The van der Waals surface area contributed by atoms with Crippen molar-refractivity contribution >= 4 is 5.91 Å². The van der Waals surface area contributed by atoms with Crippen molar-refractivity contribution in [2.75, 3.05) is 7.05 Å². The first-order valence-corrected chi connectivity index (χ1v) is 7.81. The third-order valence-corrected chi connectivity index (χ3v) is 3.86. The number of carbonyl (C=O) groups excluding carboxylic acids is 1. The van der Waals surface area contributed by atoms with Crippen LogP contribution >= 0.6 is 0 Å². The molecule has 1 amide bonds.